The number of carbonyl (C=O) groups is 2. The van der Waals surface area contributed by atoms with Gasteiger partial charge < -0.3 is 10.4 Å². The molecule has 1 unspecified atom stereocenters. The lowest BCUT2D eigenvalue weighted by atomic mass is 10.2. The number of carbonyl (C=O) groups excluding carboxylic acids is 1. The summed E-state index contributed by atoms with van der Waals surface area (Å²) in [5.41, 5.74) is 0.0546. The Hall–Kier alpha value is -1.98. The van der Waals surface area contributed by atoms with Crippen molar-refractivity contribution >= 4 is 11.9 Å². The van der Waals surface area contributed by atoms with Crippen LogP contribution in [0.15, 0.2) is 18.3 Å². The summed E-state index contributed by atoms with van der Waals surface area (Å²) in [5, 5.41) is 11.0. The molecular weight excluding hydrogens is 215 g/mol. The summed E-state index contributed by atoms with van der Waals surface area (Å²) in [6.07, 6.45) is 0.926. The van der Waals surface area contributed by atoms with E-state index in [0.29, 0.717) is 0 Å². The zero-order valence-electron chi connectivity index (χ0n) is 8.61. The largest absolute Gasteiger partial charge is 0.481 e. The normalized spacial score (nSPS) is 11.9. The fourth-order valence-corrected chi connectivity index (χ4v) is 0.934. The van der Waals surface area contributed by atoms with Gasteiger partial charge >= 0.3 is 5.97 Å². The molecule has 16 heavy (non-hydrogen) atoms. The summed E-state index contributed by atoms with van der Waals surface area (Å²) in [4.78, 5) is 25.4. The van der Waals surface area contributed by atoms with Gasteiger partial charge in [0.15, 0.2) is 0 Å². The van der Waals surface area contributed by atoms with Crippen molar-refractivity contribution < 1.29 is 19.1 Å². The number of carboxylic acids is 1. The molecule has 1 heterocycles. The van der Waals surface area contributed by atoms with Crippen LogP contribution in [0.25, 0.3) is 0 Å². The van der Waals surface area contributed by atoms with Crippen LogP contribution in [0.3, 0.4) is 0 Å². The molecule has 1 rings (SSSR count). The molecule has 0 aliphatic heterocycles. The van der Waals surface area contributed by atoms with E-state index in [0.717, 1.165) is 12.3 Å². The number of nitrogens with one attached hydrogen (secondary N) is 1. The highest BCUT2D eigenvalue weighted by Gasteiger charge is 2.13. The van der Waals surface area contributed by atoms with Gasteiger partial charge in [0.1, 0.15) is 11.5 Å². The lowest BCUT2D eigenvalue weighted by Gasteiger charge is -2.07. The van der Waals surface area contributed by atoms with E-state index in [1.54, 1.807) is 0 Å². The third kappa shape index (κ3) is 3.30. The Bertz CT molecular complexity index is 392. The lowest BCUT2D eigenvalue weighted by Crippen LogP contribution is -2.31. The SMILES string of the molecule is CC(CNC(=O)c1ccc(F)cn1)C(=O)O. The standard InChI is InChI=1S/C10H11FN2O3/c1-6(10(15)16)4-13-9(14)8-3-2-7(11)5-12-8/h2-3,5-6H,4H2,1H3,(H,13,14)(H,15,16). The highest BCUT2D eigenvalue weighted by molar-refractivity contribution is 5.92. The van der Waals surface area contributed by atoms with Gasteiger partial charge in [-0.2, -0.15) is 0 Å². The Balaban J connectivity index is 2.53. The van der Waals surface area contributed by atoms with Crippen molar-refractivity contribution in [2.24, 2.45) is 5.92 Å². The van der Waals surface area contributed by atoms with Crippen molar-refractivity contribution in [3.8, 4) is 0 Å². The first-order valence-corrected chi connectivity index (χ1v) is 4.63. The molecule has 0 fully saturated rings. The van der Waals surface area contributed by atoms with Crippen molar-refractivity contribution in [1.29, 1.82) is 0 Å². The Morgan fingerprint density at radius 1 is 1.56 bits per heavy atom. The van der Waals surface area contributed by atoms with Crippen LogP contribution in [0, 0.1) is 11.7 Å². The number of rotatable bonds is 4. The van der Waals surface area contributed by atoms with Crippen molar-refractivity contribution in [3.05, 3.63) is 29.8 Å². The molecular formula is C10H11FN2O3. The zero-order chi connectivity index (χ0) is 12.1. The number of nitrogens with zero attached hydrogens (tertiary/aromatic N) is 1. The summed E-state index contributed by atoms with van der Waals surface area (Å²) in [6.45, 7) is 1.48. The first-order valence-electron chi connectivity index (χ1n) is 4.63. The van der Waals surface area contributed by atoms with Gasteiger partial charge in [0.2, 0.25) is 0 Å². The van der Waals surface area contributed by atoms with Crippen LogP contribution >= 0.6 is 0 Å². The summed E-state index contributed by atoms with van der Waals surface area (Å²) in [6, 6.07) is 2.35. The Labute approximate surface area is 91.3 Å². The smallest absolute Gasteiger partial charge is 0.308 e. The molecule has 1 amide bonds. The van der Waals surface area contributed by atoms with Gasteiger partial charge in [-0.15, -0.1) is 0 Å². The van der Waals surface area contributed by atoms with E-state index in [-0.39, 0.29) is 12.2 Å². The molecule has 0 bridgehead atoms. The van der Waals surface area contributed by atoms with E-state index in [4.69, 9.17) is 5.11 Å². The Morgan fingerprint density at radius 2 is 2.25 bits per heavy atom. The maximum Gasteiger partial charge on any atom is 0.308 e. The molecule has 0 aromatic carbocycles. The van der Waals surface area contributed by atoms with Crippen LogP contribution in [0.1, 0.15) is 17.4 Å². The van der Waals surface area contributed by atoms with Crippen LogP contribution < -0.4 is 5.32 Å². The molecule has 2 N–H and O–H groups in total. The molecule has 0 spiro atoms. The molecule has 6 heteroatoms. The van der Waals surface area contributed by atoms with E-state index in [9.17, 15) is 14.0 Å². The number of hydrogen-bond donors (Lipinski definition) is 2. The molecule has 86 valence electrons. The van der Waals surface area contributed by atoms with Crippen LogP contribution in [-0.4, -0.2) is 28.5 Å². The predicted octanol–water partition coefficient (Wildman–Crippen LogP) is 0.671. The van der Waals surface area contributed by atoms with Crippen molar-refractivity contribution in [2.75, 3.05) is 6.54 Å². The molecule has 0 saturated heterocycles. The zero-order valence-corrected chi connectivity index (χ0v) is 8.61. The summed E-state index contributed by atoms with van der Waals surface area (Å²) in [5.74, 6) is -2.72. The number of amides is 1. The summed E-state index contributed by atoms with van der Waals surface area (Å²) < 4.78 is 12.5. The van der Waals surface area contributed by atoms with Gasteiger partial charge in [-0.1, -0.05) is 6.92 Å². The second kappa shape index (κ2) is 5.20. The second-order valence-electron chi connectivity index (χ2n) is 3.31. The highest BCUT2D eigenvalue weighted by Crippen LogP contribution is 1.99. The average Bonchev–Trinajstić information content (AvgIpc) is 2.26. The fraction of sp³-hybridized carbons (Fsp3) is 0.300. The summed E-state index contributed by atoms with van der Waals surface area (Å²) >= 11 is 0. The molecule has 0 aliphatic rings. The maximum atomic E-state index is 12.5. The number of halogens is 1. The molecule has 1 aromatic heterocycles. The van der Waals surface area contributed by atoms with E-state index < -0.39 is 23.6 Å². The first kappa shape index (κ1) is 12.1. The van der Waals surface area contributed by atoms with Crippen molar-refractivity contribution in [3.63, 3.8) is 0 Å². The van der Waals surface area contributed by atoms with Crippen molar-refractivity contribution in [1.82, 2.24) is 10.3 Å². The fourth-order valence-electron chi connectivity index (χ4n) is 0.934. The van der Waals surface area contributed by atoms with Crippen LogP contribution in [-0.2, 0) is 4.79 Å². The topological polar surface area (TPSA) is 79.3 Å². The third-order valence-corrected chi connectivity index (χ3v) is 1.95. The Kier molecular flexibility index (Phi) is 3.93. The van der Waals surface area contributed by atoms with E-state index in [2.05, 4.69) is 10.3 Å². The minimum atomic E-state index is -0.993. The Morgan fingerprint density at radius 3 is 2.75 bits per heavy atom. The number of aromatic nitrogens is 1. The minimum absolute atomic E-state index is 0.00717. The van der Waals surface area contributed by atoms with Gasteiger partial charge in [0.05, 0.1) is 12.1 Å². The summed E-state index contributed by atoms with van der Waals surface area (Å²) in [7, 11) is 0. The third-order valence-electron chi connectivity index (χ3n) is 1.95. The van der Waals surface area contributed by atoms with Crippen molar-refractivity contribution in [2.45, 2.75) is 6.92 Å². The molecule has 0 radical (unpaired) electrons. The van der Waals surface area contributed by atoms with E-state index in [1.165, 1.54) is 13.0 Å². The molecule has 0 aliphatic carbocycles. The van der Waals surface area contributed by atoms with E-state index in [1.807, 2.05) is 0 Å². The minimum Gasteiger partial charge on any atom is -0.481 e. The second-order valence-corrected chi connectivity index (χ2v) is 3.31. The van der Waals surface area contributed by atoms with Gasteiger partial charge in [0, 0.05) is 6.54 Å². The van der Waals surface area contributed by atoms with Crippen LogP contribution in [0.2, 0.25) is 0 Å². The number of hydrogen-bond acceptors (Lipinski definition) is 3. The lowest BCUT2D eigenvalue weighted by molar-refractivity contribution is -0.140. The molecule has 1 atom stereocenters. The van der Waals surface area contributed by atoms with Gasteiger partial charge in [-0.05, 0) is 12.1 Å². The molecule has 5 nitrogen and oxygen atoms in total. The predicted molar refractivity (Wildman–Crippen MR) is 53.3 cm³/mol. The van der Waals surface area contributed by atoms with Gasteiger partial charge in [0.25, 0.3) is 5.91 Å². The monoisotopic (exact) mass is 226 g/mol. The van der Waals surface area contributed by atoms with Crippen LogP contribution in [0.5, 0.6) is 0 Å². The maximum absolute atomic E-state index is 12.5. The quantitative estimate of drug-likeness (QED) is 0.790. The van der Waals surface area contributed by atoms with Gasteiger partial charge in [-0.3, -0.25) is 9.59 Å². The molecule has 0 saturated carbocycles. The highest BCUT2D eigenvalue weighted by atomic mass is 19.1. The molecule has 1 aromatic rings. The number of aliphatic carboxylic acids is 1. The number of pyridine rings is 1. The van der Waals surface area contributed by atoms with Crippen LogP contribution in [0.4, 0.5) is 4.39 Å². The first-order chi connectivity index (χ1) is 7.50. The average molecular weight is 226 g/mol. The number of carboxylic acid groups (broad SMARTS) is 1. The van der Waals surface area contributed by atoms with Gasteiger partial charge in [-0.25, -0.2) is 9.37 Å². The van der Waals surface area contributed by atoms with E-state index >= 15 is 0 Å².